The van der Waals surface area contributed by atoms with Crippen molar-refractivity contribution in [2.75, 3.05) is 6.54 Å². The van der Waals surface area contributed by atoms with Gasteiger partial charge in [-0.3, -0.25) is 4.98 Å². The lowest BCUT2D eigenvalue weighted by Crippen LogP contribution is -2.40. The summed E-state index contributed by atoms with van der Waals surface area (Å²) in [7, 11) is 0. The van der Waals surface area contributed by atoms with Crippen LogP contribution in [0.4, 0.5) is 0 Å². The lowest BCUT2D eigenvalue weighted by molar-refractivity contribution is 0.258. The first kappa shape index (κ1) is 14.2. The molecule has 1 N–H and O–H groups in total. The third-order valence-electron chi connectivity index (χ3n) is 3.15. The highest BCUT2D eigenvalue weighted by Crippen LogP contribution is 2.23. The lowest BCUT2D eigenvalue weighted by Gasteiger charge is -2.31. The number of aryl methyl sites for hydroxylation is 2. The van der Waals surface area contributed by atoms with E-state index >= 15 is 0 Å². The Labute approximate surface area is 106 Å². The fourth-order valence-corrected chi connectivity index (χ4v) is 2.15. The van der Waals surface area contributed by atoms with Crippen molar-refractivity contribution in [1.82, 2.24) is 10.3 Å². The van der Waals surface area contributed by atoms with Crippen LogP contribution in [0.5, 0.6) is 0 Å². The first-order valence-corrected chi connectivity index (χ1v) is 6.57. The molecule has 0 radical (unpaired) electrons. The summed E-state index contributed by atoms with van der Waals surface area (Å²) in [4.78, 5) is 4.25. The van der Waals surface area contributed by atoms with Crippen LogP contribution in [0.3, 0.4) is 0 Å². The van der Waals surface area contributed by atoms with E-state index in [1.54, 1.807) is 0 Å². The van der Waals surface area contributed by atoms with Crippen molar-refractivity contribution in [2.24, 2.45) is 5.41 Å². The van der Waals surface area contributed by atoms with Crippen LogP contribution in [0.1, 0.15) is 45.2 Å². The third kappa shape index (κ3) is 4.86. The van der Waals surface area contributed by atoms with Gasteiger partial charge in [0.2, 0.25) is 0 Å². The minimum absolute atomic E-state index is 0.313. The molecular weight excluding hydrogens is 208 g/mol. The molecule has 2 heteroatoms. The molecule has 96 valence electrons. The maximum absolute atomic E-state index is 4.25. The molecule has 0 aliphatic rings. The van der Waals surface area contributed by atoms with Crippen LogP contribution in [0.15, 0.2) is 18.5 Å². The number of hydrogen-bond acceptors (Lipinski definition) is 2. The molecule has 1 atom stereocenters. The first-order chi connectivity index (χ1) is 7.93. The van der Waals surface area contributed by atoms with Crippen LogP contribution >= 0.6 is 0 Å². The lowest BCUT2D eigenvalue weighted by atomic mass is 9.83. The minimum atomic E-state index is 0.313. The largest absolute Gasteiger partial charge is 0.314 e. The highest BCUT2D eigenvalue weighted by Gasteiger charge is 2.23. The van der Waals surface area contributed by atoms with E-state index in [-0.39, 0.29) is 0 Å². The molecule has 0 saturated carbocycles. The van der Waals surface area contributed by atoms with Gasteiger partial charge in [-0.2, -0.15) is 0 Å². The summed E-state index contributed by atoms with van der Waals surface area (Å²) < 4.78 is 0. The molecular formula is C15H26N2. The van der Waals surface area contributed by atoms with Crippen LogP contribution in [0.2, 0.25) is 0 Å². The smallest absolute Gasteiger partial charge is 0.0300 e. The van der Waals surface area contributed by atoms with Crippen molar-refractivity contribution in [3.05, 3.63) is 29.6 Å². The standard InChI is InChI=1S/C15H26N2/c1-6-17-14(15(3,4)5)8-7-13-9-12(2)10-16-11-13/h9-11,14,17H,6-8H2,1-5H3. The molecule has 0 aliphatic heterocycles. The second-order valence-electron chi connectivity index (χ2n) is 5.89. The van der Waals surface area contributed by atoms with Gasteiger partial charge < -0.3 is 5.32 Å². The summed E-state index contributed by atoms with van der Waals surface area (Å²) >= 11 is 0. The molecule has 0 spiro atoms. The van der Waals surface area contributed by atoms with Gasteiger partial charge in [-0.1, -0.05) is 33.8 Å². The first-order valence-electron chi connectivity index (χ1n) is 6.57. The molecule has 1 aromatic rings. The van der Waals surface area contributed by atoms with Gasteiger partial charge in [0.25, 0.3) is 0 Å². The molecule has 2 nitrogen and oxygen atoms in total. The van der Waals surface area contributed by atoms with Crippen molar-refractivity contribution in [2.45, 2.75) is 53.5 Å². The fourth-order valence-electron chi connectivity index (χ4n) is 2.15. The molecule has 0 bridgehead atoms. The zero-order valence-corrected chi connectivity index (χ0v) is 11.9. The number of nitrogens with zero attached hydrogens (tertiary/aromatic N) is 1. The highest BCUT2D eigenvalue weighted by atomic mass is 14.9. The number of aromatic nitrogens is 1. The average Bonchev–Trinajstić information content (AvgIpc) is 2.22. The van der Waals surface area contributed by atoms with Gasteiger partial charge in [-0.15, -0.1) is 0 Å². The second kappa shape index (κ2) is 6.15. The molecule has 0 saturated heterocycles. The van der Waals surface area contributed by atoms with Crippen LogP contribution < -0.4 is 5.32 Å². The SMILES string of the molecule is CCNC(CCc1cncc(C)c1)C(C)(C)C. The van der Waals surface area contributed by atoms with E-state index in [4.69, 9.17) is 0 Å². The van der Waals surface area contributed by atoms with Crippen LogP contribution in [0, 0.1) is 12.3 Å². The Kier molecular flexibility index (Phi) is 5.13. The topological polar surface area (TPSA) is 24.9 Å². The van der Waals surface area contributed by atoms with Gasteiger partial charge in [-0.25, -0.2) is 0 Å². The maximum Gasteiger partial charge on any atom is 0.0300 e. The Bertz CT molecular complexity index is 339. The Balaban J connectivity index is 2.58. The number of rotatable bonds is 5. The van der Waals surface area contributed by atoms with Crippen molar-refractivity contribution < 1.29 is 0 Å². The highest BCUT2D eigenvalue weighted by molar-refractivity contribution is 5.16. The van der Waals surface area contributed by atoms with Gasteiger partial charge in [0.05, 0.1) is 0 Å². The van der Waals surface area contributed by atoms with Gasteiger partial charge in [0.15, 0.2) is 0 Å². The molecule has 1 rings (SSSR count). The summed E-state index contributed by atoms with van der Waals surface area (Å²) in [5, 5.41) is 3.59. The summed E-state index contributed by atoms with van der Waals surface area (Å²) in [6, 6.07) is 2.80. The molecule has 0 aromatic carbocycles. The Morgan fingerprint density at radius 3 is 2.53 bits per heavy atom. The van der Waals surface area contributed by atoms with E-state index in [9.17, 15) is 0 Å². The zero-order chi connectivity index (χ0) is 12.9. The van der Waals surface area contributed by atoms with Crippen molar-refractivity contribution in [1.29, 1.82) is 0 Å². The van der Waals surface area contributed by atoms with Gasteiger partial charge in [-0.05, 0) is 42.9 Å². The molecule has 0 aliphatic carbocycles. The van der Waals surface area contributed by atoms with E-state index in [1.807, 2.05) is 12.4 Å². The van der Waals surface area contributed by atoms with Gasteiger partial charge in [0.1, 0.15) is 0 Å². The number of hydrogen-bond donors (Lipinski definition) is 1. The van der Waals surface area contributed by atoms with Gasteiger partial charge >= 0.3 is 0 Å². The van der Waals surface area contributed by atoms with Crippen LogP contribution in [-0.4, -0.2) is 17.6 Å². The fraction of sp³-hybridized carbons (Fsp3) is 0.667. The Hall–Kier alpha value is -0.890. The average molecular weight is 234 g/mol. The molecule has 0 amide bonds. The maximum atomic E-state index is 4.25. The van der Waals surface area contributed by atoms with E-state index in [1.165, 1.54) is 17.5 Å². The summed E-state index contributed by atoms with van der Waals surface area (Å²) in [5.41, 5.74) is 2.91. The molecule has 17 heavy (non-hydrogen) atoms. The van der Waals surface area contributed by atoms with Gasteiger partial charge in [0, 0.05) is 18.4 Å². The number of nitrogens with one attached hydrogen (secondary N) is 1. The van der Waals surface area contributed by atoms with E-state index in [2.05, 4.69) is 51.0 Å². The summed E-state index contributed by atoms with van der Waals surface area (Å²) in [6.45, 7) is 12.2. The normalized spacial score (nSPS) is 13.7. The summed E-state index contributed by atoms with van der Waals surface area (Å²) in [6.07, 6.45) is 6.17. The predicted molar refractivity (Wildman–Crippen MR) is 74.2 cm³/mol. The van der Waals surface area contributed by atoms with E-state index < -0.39 is 0 Å². The molecule has 0 fully saturated rings. The van der Waals surface area contributed by atoms with E-state index in [0.717, 1.165) is 13.0 Å². The molecule has 1 unspecified atom stereocenters. The Morgan fingerprint density at radius 2 is 2.00 bits per heavy atom. The van der Waals surface area contributed by atoms with Crippen LogP contribution in [-0.2, 0) is 6.42 Å². The molecule has 1 aromatic heterocycles. The summed E-state index contributed by atoms with van der Waals surface area (Å²) in [5.74, 6) is 0. The minimum Gasteiger partial charge on any atom is -0.314 e. The monoisotopic (exact) mass is 234 g/mol. The Morgan fingerprint density at radius 1 is 1.29 bits per heavy atom. The zero-order valence-electron chi connectivity index (χ0n) is 11.9. The van der Waals surface area contributed by atoms with E-state index in [0.29, 0.717) is 11.5 Å². The van der Waals surface area contributed by atoms with Crippen molar-refractivity contribution in [3.8, 4) is 0 Å². The third-order valence-corrected chi connectivity index (χ3v) is 3.15. The van der Waals surface area contributed by atoms with Crippen LogP contribution in [0.25, 0.3) is 0 Å². The van der Waals surface area contributed by atoms with Crippen molar-refractivity contribution >= 4 is 0 Å². The second-order valence-corrected chi connectivity index (χ2v) is 5.89. The van der Waals surface area contributed by atoms with Crippen molar-refractivity contribution in [3.63, 3.8) is 0 Å². The predicted octanol–water partition coefficient (Wildman–Crippen LogP) is 3.35. The number of pyridine rings is 1. The molecule has 1 heterocycles. The quantitative estimate of drug-likeness (QED) is 0.845.